The topological polar surface area (TPSA) is 107 Å². The molecule has 10 heteroatoms. The van der Waals surface area contributed by atoms with E-state index in [-0.39, 0.29) is 21.6 Å². The fourth-order valence-corrected chi connectivity index (χ4v) is 5.10. The van der Waals surface area contributed by atoms with Crippen molar-refractivity contribution >= 4 is 52.6 Å². The van der Waals surface area contributed by atoms with E-state index in [0.29, 0.717) is 12.0 Å². The van der Waals surface area contributed by atoms with E-state index in [9.17, 15) is 24.6 Å². The smallest absolute Gasteiger partial charge is 0.327 e. The number of imide groups is 1. The molecule has 0 bridgehead atoms. The van der Waals surface area contributed by atoms with E-state index in [0.717, 1.165) is 11.3 Å². The van der Waals surface area contributed by atoms with E-state index in [1.165, 1.54) is 19.1 Å². The van der Waals surface area contributed by atoms with Crippen LogP contribution in [0.15, 0.2) is 12.1 Å². The molecular weight excluding hydrogens is 443 g/mol. The number of halogens is 3. The number of unbranched alkanes of at least 4 members (excludes halogenated alkanes) is 1. The highest BCUT2D eigenvalue weighted by atomic mass is 35.5. The van der Waals surface area contributed by atoms with Crippen molar-refractivity contribution in [2.75, 3.05) is 6.54 Å². The average molecular weight is 464 g/mol. The number of rotatable bonds is 6. The fraction of sp³-hybridized carbons (Fsp3) is 0.526. The number of hydrogen-bond acceptors (Lipinski definition) is 5. The first kappa shape index (κ1) is 22.3. The predicted molar refractivity (Wildman–Crippen MR) is 108 cm³/mol. The zero-order chi connectivity index (χ0) is 21.7. The molecule has 0 aromatic heterocycles. The van der Waals surface area contributed by atoms with Crippen molar-refractivity contribution in [2.24, 2.45) is 11.8 Å². The number of likely N-dealkylation sites (tertiary alicyclic amines) is 1. The maximum absolute atomic E-state index is 13.2. The van der Waals surface area contributed by atoms with Crippen molar-refractivity contribution in [2.45, 2.75) is 44.4 Å². The first-order chi connectivity index (χ1) is 13.6. The van der Waals surface area contributed by atoms with E-state index in [1.54, 1.807) is 0 Å². The second kappa shape index (κ2) is 8.04. The van der Waals surface area contributed by atoms with E-state index in [1.807, 2.05) is 6.92 Å². The van der Waals surface area contributed by atoms with Crippen molar-refractivity contribution in [1.82, 2.24) is 10.2 Å². The molecule has 5 unspecified atom stereocenters. The van der Waals surface area contributed by atoms with Gasteiger partial charge in [-0.2, -0.15) is 0 Å². The Balaban J connectivity index is 2.19. The van der Waals surface area contributed by atoms with Crippen LogP contribution in [0.3, 0.4) is 0 Å². The number of nitrogens with one attached hydrogen (secondary N) is 1. The standard InChI is InChI=1S/C19H21Cl3N2O5/c1-3-4-5-24-16(26)12-13(17(24)27)19(8(2)25,18(28)29)23-15(12)10-6-9(20)7-11(21)14(10)22/h6-8,12-13,15,23,25H,3-5H2,1-2H3,(H,28,29). The number of aliphatic hydroxyl groups is 1. The highest BCUT2D eigenvalue weighted by Crippen LogP contribution is 2.52. The molecule has 0 saturated carbocycles. The number of fused-ring (bicyclic) bond motifs is 1. The van der Waals surface area contributed by atoms with Crippen LogP contribution in [-0.2, 0) is 14.4 Å². The number of carbonyl (C=O) groups excluding carboxylic acids is 2. The summed E-state index contributed by atoms with van der Waals surface area (Å²) >= 11 is 18.6. The zero-order valence-corrected chi connectivity index (χ0v) is 18.1. The van der Waals surface area contributed by atoms with Crippen LogP contribution in [0.1, 0.15) is 38.3 Å². The molecule has 1 aromatic carbocycles. The van der Waals surface area contributed by atoms with Crippen molar-refractivity contribution in [3.05, 3.63) is 32.8 Å². The van der Waals surface area contributed by atoms with Gasteiger partial charge in [-0.25, -0.2) is 0 Å². The molecule has 0 spiro atoms. The van der Waals surface area contributed by atoms with Gasteiger partial charge in [0.25, 0.3) is 0 Å². The Morgan fingerprint density at radius 2 is 1.93 bits per heavy atom. The molecular formula is C19H21Cl3N2O5. The summed E-state index contributed by atoms with van der Waals surface area (Å²) in [6, 6.07) is 1.95. The molecule has 3 rings (SSSR count). The molecule has 5 atom stereocenters. The first-order valence-corrected chi connectivity index (χ1v) is 10.4. The van der Waals surface area contributed by atoms with Gasteiger partial charge in [0.15, 0.2) is 5.54 Å². The molecule has 3 N–H and O–H groups in total. The monoisotopic (exact) mass is 462 g/mol. The van der Waals surface area contributed by atoms with Gasteiger partial charge in [-0.15, -0.1) is 0 Å². The number of aliphatic hydroxyl groups excluding tert-OH is 1. The van der Waals surface area contributed by atoms with Crippen molar-refractivity contribution in [1.29, 1.82) is 0 Å². The summed E-state index contributed by atoms with van der Waals surface area (Å²) in [7, 11) is 0. The molecule has 2 aliphatic heterocycles. The number of amides is 2. The van der Waals surface area contributed by atoms with Gasteiger partial charge in [-0.1, -0.05) is 48.1 Å². The van der Waals surface area contributed by atoms with Crippen LogP contribution in [0, 0.1) is 11.8 Å². The Morgan fingerprint density at radius 1 is 1.28 bits per heavy atom. The average Bonchev–Trinajstić information content (AvgIpc) is 3.12. The molecule has 7 nitrogen and oxygen atoms in total. The Bertz CT molecular complexity index is 878. The van der Waals surface area contributed by atoms with Crippen LogP contribution in [-0.4, -0.2) is 51.1 Å². The van der Waals surface area contributed by atoms with Gasteiger partial charge in [0, 0.05) is 17.6 Å². The summed E-state index contributed by atoms with van der Waals surface area (Å²) in [6.45, 7) is 3.38. The lowest BCUT2D eigenvalue weighted by molar-refractivity contribution is -0.156. The molecule has 0 radical (unpaired) electrons. The van der Waals surface area contributed by atoms with Crippen LogP contribution >= 0.6 is 34.8 Å². The summed E-state index contributed by atoms with van der Waals surface area (Å²) in [5, 5.41) is 23.7. The van der Waals surface area contributed by atoms with Crippen molar-refractivity contribution in [3.63, 3.8) is 0 Å². The van der Waals surface area contributed by atoms with E-state index in [2.05, 4.69) is 5.32 Å². The highest BCUT2D eigenvalue weighted by Gasteiger charge is 2.70. The summed E-state index contributed by atoms with van der Waals surface area (Å²) in [5.41, 5.74) is -1.75. The van der Waals surface area contributed by atoms with E-state index >= 15 is 0 Å². The lowest BCUT2D eigenvalue weighted by Gasteiger charge is -2.33. The Morgan fingerprint density at radius 3 is 2.48 bits per heavy atom. The minimum absolute atomic E-state index is 0.103. The minimum atomic E-state index is -2.05. The van der Waals surface area contributed by atoms with Gasteiger partial charge >= 0.3 is 5.97 Å². The van der Waals surface area contributed by atoms with Crippen LogP contribution in [0.2, 0.25) is 15.1 Å². The number of aliphatic carboxylic acids is 1. The third-order valence-corrected chi connectivity index (χ3v) is 6.83. The molecule has 2 fully saturated rings. The summed E-state index contributed by atoms with van der Waals surface area (Å²) in [6.07, 6.45) is -0.119. The molecule has 2 amide bonds. The molecule has 1 aromatic rings. The second-order valence-electron chi connectivity index (χ2n) is 7.45. The van der Waals surface area contributed by atoms with Gasteiger partial charge < -0.3 is 10.2 Å². The SMILES string of the molecule is CCCCN1C(=O)C2C(c3cc(Cl)cc(Cl)c3Cl)NC(C(=O)O)(C(C)O)C2C1=O. The zero-order valence-electron chi connectivity index (χ0n) is 15.8. The van der Waals surface area contributed by atoms with Gasteiger partial charge in [0.1, 0.15) is 0 Å². The predicted octanol–water partition coefficient (Wildman–Crippen LogP) is 2.90. The van der Waals surface area contributed by atoms with Gasteiger partial charge in [-0.3, -0.25) is 24.6 Å². The molecule has 2 heterocycles. The number of carboxylic acids is 1. The Hall–Kier alpha value is -1.38. The van der Waals surface area contributed by atoms with Crippen molar-refractivity contribution < 1.29 is 24.6 Å². The van der Waals surface area contributed by atoms with E-state index < -0.39 is 47.3 Å². The van der Waals surface area contributed by atoms with Gasteiger partial charge in [0.2, 0.25) is 11.8 Å². The third kappa shape index (κ3) is 3.33. The number of nitrogens with zero attached hydrogens (tertiary/aromatic N) is 1. The van der Waals surface area contributed by atoms with Crippen LogP contribution in [0.25, 0.3) is 0 Å². The minimum Gasteiger partial charge on any atom is -0.480 e. The maximum atomic E-state index is 13.2. The number of carbonyl (C=O) groups is 3. The summed E-state index contributed by atoms with van der Waals surface area (Å²) in [5.74, 6) is -4.88. The van der Waals surface area contributed by atoms with Crippen LogP contribution in [0.4, 0.5) is 0 Å². The quantitative estimate of drug-likeness (QED) is 0.442. The van der Waals surface area contributed by atoms with Crippen LogP contribution < -0.4 is 5.32 Å². The van der Waals surface area contributed by atoms with Crippen LogP contribution in [0.5, 0.6) is 0 Å². The first-order valence-electron chi connectivity index (χ1n) is 9.26. The molecule has 2 aliphatic rings. The molecule has 29 heavy (non-hydrogen) atoms. The van der Waals surface area contributed by atoms with Gasteiger partial charge in [-0.05, 0) is 31.0 Å². The molecule has 2 saturated heterocycles. The highest BCUT2D eigenvalue weighted by molar-refractivity contribution is 6.43. The number of carboxylic acid groups (broad SMARTS) is 1. The van der Waals surface area contributed by atoms with Gasteiger partial charge in [0.05, 0.1) is 28.0 Å². The normalized spacial score (nSPS) is 30.0. The lowest BCUT2D eigenvalue weighted by atomic mass is 9.76. The second-order valence-corrected chi connectivity index (χ2v) is 8.67. The Kier molecular flexibility index (Phi) is 6.18. The van der Waals surface area contributed by atoms with Crippen molar-refractivity contribution in [3.8, 4) is 0 Å². The number of benzene rings is 1. The molecule has 158 valence electrons. The molecule has 0 aliphatic carbocycles. The van der Waals surface area contributed by atoms with E-state index in [4.69, 9.17) is 34.8 Å². The summed E-state index contributed by atoms with van der Waals surface area (Å²) in [4.78, 5) is 39.7. The lowest BCUT2D eigenvalue weighted by Crippen LogP contribution is -2.62. The maximum Gasteiger partial charge on any atom is 0.327 e. The number of hydrogen-bond donors (Lipinski definition) is 3. The fourth-order valence-electron chi connectivity index (χ4n) is 4.37. The Labute approximate surface area is 182 Å². The third-order valence-electron chi connectivity index (χ3n) is 5.79. The summed E-state index contributed by atoms with van der Waals surface area (Å²) < 4.78 is 0. The largest absolute Gasteiger partial charge is 0.480 e.